The second kappa shape index (κ2) is 10.9. The van der Waals surface area contributed by atoms with Gasteiger partial charge >= 0.3 is 0 Å². The fourth-order valence-electron chi connectivity index (χ4n) is 4.06. The Hall–Kier alpha value is -3.03. The van der Waals surface area contributed by atoms with E-state index in [2.05, 4.69) is 30.0 Å². The van der Waals surface area contributed by atoms with Gasteiger partial charge in [-0.3, -0.25) is 9.52 Å². The van der Waals surface area contributed by atoms with Gasteiger partial charge in [0.25, 0.3) is 15.9 Å². The highest BCUT2D eigenvalue weighted by atomic mass is 35.5. The van der Waals surface area contributed by atoms with Crippen LogP contribution in [0.25, 0.3) is 0 Å². The molecule has 0 fully saturated rings. The first kappa shape index (κ1) is 27.6. The fourth-order valence-corrected chi connectivity index (χ4v) is 5.71. The minimum Gasteiger partial charge on any atom is -0.496 e. The van der Waals surface area contributed by atoms with Crippen LogP contribution < -0.4 is 14.8 Å². The topological polar surface area (TPSA) is 84.5 Å². The van der Waals surface area contributed by atoms with Crippen LogP contribution >= 0.6 is 11.6 Å². The van der Waals surface area contributed by atoms with Gasteiger partial charge in [0.2, 0.25) is 0 Å². The number of nitrogens with one attached hydrogen (secondary N) is 2. The molecule has 36 heavy (non-hydrogen) atoms. The predicted molar refractivity (Wildman–Crippen MR) is 146 cm³/mol. The van der Waals surface area contributed by atoms with Crippen molar-refractivity contribution in [3.63, 3.8) is 0 Å². The van der Waals surface area contributed by atoms with Gasteiger partial charge in [0.05, 0.1) is 23.9 Å². The Labute approximate surface area is 219 Å². The van der Waals surface area contributed by atoms with Gasteiger partial charge in [0, 0.05) is 5.56 Å². The first-order valence-corrected chi connectivity index (χ1v) is 13.6. The van der Waals surface area contributed by atoms with Gasteiger partial charge in [-0.1, -0.05) is 37.6 Å². The van der Waals surface area contributed by atoms with Gasteiger partial charge in [-0.25, -0.2) is 8.42 Å². The maximum Gasteiger partial charge on any atom is 0.263 e. The second-order valence-corrected chi connectivity index (χ2v) is 11.4. The zero-order valence-electron chi connectivity index (χ0n) is 21.7. The van der Waals surface area contributed by atoms with Crippen molar-refractivity contribution in [2.75, 3.05) is 11.8 Å². The summed E-state index contributed by atoms with van der Waals surface area (Å²) in [7, 11) is -2.38. The molecule has 0 aliphatic carbocycles. The molecule has 0 heterocycles. The molecule has 0 saturated carbocycles. The van der Waals surface area contributed by atoms with Gasteiger partial charge in [0.1, 0.15) is 10.6 Å². The van der Waals surface area contributed by atoms with E-state index in [-0.39, 0.29) is 27.4 Å². The van der Waals surface area contributed by atoms with E-state index in [0.717, 1.165) is 33.6 Å². The maximum absolute atomic E-state index is 13.2. The monoisotopic (exact) mass is 528 g/mol. The highest BCUT2D eigenvalue weighted by molar-refractivity contribution is 7.92. The van der Waals surface area contributed by atoms with Crippen LogP contribution in [0.3, 0.4) is 0 Å². The van der Waals surface area contributed by atoms with Crippen LogP contribution in [0, 0.1) is 20.8 Å². The molecule has 6 nitrogen and oxygen atoms in total. The standard InChI is InChI=1S/C28H33ClN2O4S/c1-16(2)22-15-23(19(5)13-26(22)35-7)20(6)30-28(32)21-10-11-24(29)27(14-21)36(33,34)31-25-12-17(3)8-9-18(25)4/h8-16,20,31H,1-7H3,(H,30,32)/t20-/m1/s1. The lowest BCUT2D eigenvalue weighted by Crippen LogP contribution is -2.27. The average Bonchev–Trinajstić information content (AvgIpc) is 2.80. The van der Waals surface area contributed by atoms with E-state index in [0.29, 0.717) is 5.69 Å². The highest BCUT2D eigenvalue weighted by Crippen LogP contribution is 2.32. The van der Waals surface area contributed by atoms with Gasteiger partial charge < -0.3 is 10.1 Å². The quantitative estimate of drug-likeness (QED) is 0.341. The van der Waals surface area contributed by atoms with E-state index < -0.39 is 15.9 Å². The number of anilines is 1. The zero-order chi connectivity index (χ0) is 26.8. The number of sulfonamides is 1. The number of carbonyl (C=O) groups is 1. The fraction of sp³-hybridized carbons (Fsp3) is 0.321. The summed E-state index contributed by atoms with van der Waals surface area (Å²) in [5.74, 6) is 0.660. The summed E-state index contributed by atoms with van der Waals surface area (Å²) in [5, 5.41) is 3.02. The van der Waals surface area contributed by atoms with Gasteiger partial charge in [-0.15, -0.1) is 0 Å². The molecule has 2 N–H and O–H groups in total. The number of hydrogen-bond acceptors (Lipinski definition) is 4. The van der Waals surface area contributed by atoms with Crippen molar-refractivity contribution in [2.24, 2.45) is 0 Å². The molecule has 0 unspecified atom stereocenters. The van der Waals surface area contributed by atoms with Crippen LogP contribution in [0.5, 0.6) is 5.75 Å². The third-order valence-corrected chi connectivity index (χ3v) is 8.02. The van der Waals surface area contributed by atoms with Crippen LogP contribution in [0.4, 0.5) is 5.69 Å². The number of benzene rings is 3. The number of rotatable bonds is 8. The Kier molecular flexibility index (Phi) is 8.37. The Morgan fingerprint density at radius 1 is 0.917 bits per heavy atom. The Balaban J connectivity index is 1.89. The van der Waals surface area contributed by atoms with Crippen molar-refractivity contribution in [3.8, 4) is 5.75 Å². The maximum atomic E-state index is 13.2. The molecule has 0 bridgehead atoms. The molecule has 3 aromatic carbocycles. The SMILES string of the molecule is COc1cc(C)c([C@@H](C)NC(=O)c2ccc(Cl)c(S(=O)(=O)Nc3cc(C)ccc3C)c2)cc1C(C)C. The number of hydrogen-bond donors (Lipinski definition) is 2. The van der Waals surface area contributed by atoms with E-state index in [1.165, 1.54) is 18.2 Å². The van der Waals surface area contributed by atoms with E-state index >= 15 is 0 Å². The molecule has 192 valence electrons. The van der Waals surface area contributed by atoms with Crippen LogP contribution in [0.15, 0.2) is 53.4 Å². The van der Waals surface area contributed by atoms with Crippen LogP contribution in [-0.2, 0) is 10.0 Å². The lowest BCUT2D eigenvalue weighted by Gasteiger charge is -2.21. The van der Waals surface area contributed by atoms with E-state index in [1.807, 2.05) is 45.9 Å². The average molecular weight is 529 g/mol. The number of carbonyl (C=O) groups excluding carboxylic acids is 1. The molecule has 1 atom stereocenters. The number of halogens is 1. The minimum absolute atomic E-state index is 0.0324. The number of amides is 1. The summed E-state index contributed by atoms with van der Waals surface area (Å²) in [6, 6.07) is 13.4. The lowest BCUT2D eigenvalue weighted by atomic mass is 9.93. The van der Waals surface area contributed by atoms with Crippen molar-refractivity contribution in [1.82, 2.24) is 5.32 Å². The first-order chi connectivity index (χ1) is 16.8. The first-order valence-electron chi connectivity index (χ1n) is 11.7. The summed E-state index contributed by atoms with van der Waals surface area (Å²) in [6.07, 6.45) is 0. The second-order valence-electron chi connectivity index (χ2n) is 9.37. The van der Waals surface area contributed by atoms with Gasteiger partial charge in [-0.2, -0.15) is 0 Å². The smallest absolute Gasteiger partial charge is 0.263 e. The molecule has 1 amide bonds. The molecule has 0 saturated heterocycles. The molecule has 0 aromatic heterocycles. The Morgan fingerprint density at radius 2 is 1.61 bits per heavy atom. The molecule has 3 rings (SSSR count). The van der Waals surface area contributed by atoms with Crippen molar-refractivity contribution in [2.45, 2.75) is 58.4 Å². The lowest BCUT2D eigenvalue weighted by molar-refractivity contribution is 0.0939. The Bertz CT molecular complexity index is 1400. The van der Waals surface area contributed by atoms with Crippen molar-refractivity contribution >= 4 is 33.2 Å². The van der Waals surface area contributed by atoms with Gasteiger partial charge in [0.15, 0.2) is 0 Å². The van der Waals surface area contributed by atoms with Crippen LogP contribution in [0.1, 0.15) is 70.9 Å². The summed E-state index contributed by atoms with van der Waals surface area (Å²) < 4.78 is 34.5. The third kappa shape index (κ3) is 6.02. The number of ether oxygens (including phenoxy) is 1. The highest BCUT2D eigenvalue weighted by Gasteiger charge is 2.23. The molecule has 0 radical (unpaired) electrons. The molecule has 0 aliphatic heterocycles. The van der Waals surface area contributed by atoms with E-state index in [9.17, 15) is 13.2 Å². The summed E-state index contributed by atoms with van der Waals surface area (Å²) in [4.78, 5) is 13.0. The summed E-state index contributed by atoms with van der Waals surface area (Å²) >= 11 is 6.26. The zero-order valence-corrected chi connectivity index (χ0v) is 23.3. The van der Waals surface area contributed by atoms with Crippen LogP contribution in [-0.4, -0.2) is 21.4 Å². The molecule has 8 heteroatoms. The predicted octanol–water partition coefficient (Wildman–Crippen LogP) is 6.69. The van der Waals surface area contributed by atoms with E-state index in [1.54, 1.807) is 13.2 Å². The van der Waals surface area contributed by atoms with Crippen molar-refractivity contribution < 1.29 is 17.9 Å². The summed E-state index contributed by atoms with van der Waals surface area (Å²) in [5.41, 5.74) is 5.36. The minimum atomic E-state index is -4.03. The van der Waals surface area contributed by atoms with Crippen LogP contribution in [0.2, 0.25) is 5.02 Å². The third-order valence-electron chi connectivity index (χ3n) is 6.17. The molecule has 3 aromatic rings. The van der Waals surface area contributed by atoms with E-state index in [4.69, 9.17) is 16.3 Å². The molecular weight excluding hydrogens is 496 g/mol. The molecule has 0 aliphatic rings. The summed E-state index contributed by atoms with van der Waals surface area (Å²) in [6.45, 7) is 11.7. The van der Waals surface area contributed by atoms with Crippen molar-refractivity contribution in [1.29, 1.82) is 0 Å². The molecule has 0 spiro atoms. The molecular formula is C28H33ClN2O4S. The largest absolute Gasteiger partial charge is 0.496 e. The van der Waals surface area contributed by atoms with Gasteiger partial charge in [-0.05, 0) is 97.8 Å². The number of methoxy groups -OCH3 is 1. The normalized spacial score (nSPS) is 12.4. The Morgan fingerprint density at radius 3 is 2.25 bits per heavy atom. The number of aryl methyl sites for hydroxylation is 3. The van der Waals surface area contributed by atoms with Crippen molar-refractivity contribution in [3.05, 3.63) is 86.9 Å².